The van der Waals surface area contributed by atoms with E-state index >= 15 is 0 Å². The zero-order valence-electron chi connectivity index (χ0n) is 23.4. The molecule has 0 saturated carbocycles. The summed E-state index contributed by atoms with van der Waals surface area (Å²) in [7, 11) is 0. The van der Waals surface area contributed by atoms with E-state index in [0.29, 0.717) is 39.8 Å². The minimum atomic E-state index is -0.324. The van der Waals surface area contributed by atoms with Gasteiger partial charge in [0.25, 0.3) is 5.91 Å². The van der Waals surface area contributed by atoms with E-state index in [-0.39, 0.29) is 5.91 Å². The maximum absolute atomic E-state index is 12.7. The van der Waals surface area contributed by atoms with E-state index in [1.807, 2.05) is 73.0 Å². The number of thiazole rings is 1. The fourth-order valence-corrected chi connectivity index (χ4v) is 5.49. The van der Waals surface area contributed by atoms with Gasteiger partial charge in [-0.25, -0.2) is 10.4 Å². The molecule has 1 heterocycles. The number of halogens is 2. The first-order valence-corrected chi connectivity index (χ1v) is 15.5. The number of rotatable bonds is 11. The van der Waals surface area contributed by atoms with E-state index in [4.69, 9.17) is 21.1 Å². The van der Waals surface area contributed by atoms with Crippen molar-refractivity contribution < 1.29 is 14.3 Å². The minimum absolute atomic E-state index is 0.324. The molecule has 0 aliphatic rings. The van der Waals surface area contributed by atoms with Gasteiger partial charge in [-0.2, -0.15) is 5.10 Å². The van der Waals surface area contributed by atoms with E-state index in [9.17, 15) is 4.79 Å². The second-order valence-electron chi connectivity index (χ2n) is 9.48. The van der Waals surface area contributed by atoms with Crippen LogP contribution in [0.1, 0.15) is 34.0 Å². The van der Waals surface area contributed by atoms with Gasteiger partial charge in [0.05, 0.1) is 23.0 Å². The standard InChI is InChI=1S/C33H28BrClN4O3S/c1-3-41-30-17-23(16-28(34)31(30)42-19-22-6-12-26(35)13-7-22)18-36-39-32(40)25-10-8-24(9-11-25)29-20-43-33(38-29)37-27-14-4-21(2)5-15-27/h4-18,20H,3,19H2,1-2H3,(H,37,38)(H,39,40)/b36-18-. The summed E-state index contributed by atoms with van der Waals surface area (Å²) >= 11 is 11.1. The number of amides is 1. The lowest BCUT2D eigenvalue weighted by Crippen LogP contribution is -2.17. The highest BCUT2D eigenvalue weighted by Gasteiger charge is 2.13. The molecule has 0 unspecified atom stereocenters. The molecule has 10 heteroatoms. The fraction of sp³-hybridized carbons (Fsp3) is 0.121. The van der Waals surface area contributed by atoms with Gasteiger partial charge in [-0.1, -0.05) is 53.6 Å². The Hall–Kier alpha value is -4.18. The lowest BCUT2D eigenvalue weighted by atomic mass is 10.1. The topological polar surface area (TPSA) is 84.8 Å². The van der Waals surface area contributed by atoms with Crippen molar-refractivity contribution >= 4 is 61.8 Å². The quantitative estimate of drug-likeness (QED) is 0.108. The van der Waals surface area contributed by atoms with Crippen LogP contribution < -0.4 is 20.2 Å². The minimum Gasteiger partial charge on any atom is -0.490 e. The van der Waals surface area contributed by atoms with Crippen LogP contribution in [0.3, 0.4) is 0 Å². The Labute approximate surface area is 267 Å². The van der Waals surface area contributed by atoms with Crippen LogP contribution in [0.15, 0.2) is 99.9 Å². The van der Waals surface area contributed by atoms with Gasteiger partial charge in [0, 0.05) is 27.2 Å². The van der Waals surface area contributed by atoms with Gasteiger partial charge >= 0.3 is 0 Å². The lowest BCUT2D eigenvalue weighted by molar-refractivity contribution is 0.0955. The Morgan fingerprint density at radius 3 is 2.49 bits per heavy atom. The number of hydrazone groups is 1. The van der Waals surface area contributed by atoms with E-state index in [2.05, 4.69) is 55.8 Å². The Morgan fingerprint density at radius 1 is 1.02 bits per heavy atom. The smallest absolute Gasteiger partial charge is 0.271 e. The van der Waals surface area contributed by atoms with Crippen LogP contribution in [0.25, 0.3) is 11.3 Å². The Bertz CT molecular complexity index is 1720. The van der Waals surface area contributed by atoms with Crippen LogP contribution in [0.2, 0.25) is 5.02 Å². The molecule has 0 radical (unpaired) electrons. The first kappa shape index (κ1) is 30.3. The van der Waals surface area contributed by atoms with Crippen LogP contribution in [-0.2, 0) is 6.61 Å². The number of carbonyl (C=O) groups excluding carboxylic acids is 1. The van der Waals surface area contributed by atoms with Crippen LogP contribution in [0, 0.1) is 6.92 Å². The molecule has 0 saturated heterocycles. The van der Waals surface area contributed by atoms with E-state index in [1.54, 1.807) is 18.3 Å². The summed E-state index contributed by atoms with van der Waals surface area (Å²) in [5.41, 5.74) is 8.71. The molecule has 0 bridgehead atoms. The molecule has 4 aromatic carbocycles. The number of ether oxygens (including phenoxy) is 2. The Morgan fingerprint density at radius 2 is 1.77 bits per heavy atom. The van der Waals surface area contributed by atoms with Crippen molar-refractivity contribution in [2.75, 3.05) is 11.9 Å². The van der Waals surface area contributed by atoms with Crippen LogP contribution in [-0.4, -0.2) is 23.7 Å². The number of aryl methyl sites for hydroxylation is 1. The zero-order chi connectivity index (χ0) is 30.2. The third-order valence-corrected chi connectivity index (χ3v) is 7.86. The van der Waals surface area contributed by atoms with E-state index in [1.165, 1.54) is 16.9 Å². The van der Waals surface area contributed by atoms with Gasteiger partial charge in [-0.3, -0.25) is 4.79 Å². The highest BCUT2D eigenvalue weighted by Crippen LogP contribution is 2.37. The van der Waals surface area contributed by atoms with Gasteiger partial charge in [0.2, 0.25) is 0 Å². The normalized spacial score (nSPS) is 11.0. The van der Waals surface area contributed by atoms with Crippen molar-refractivity contribution in [1.29, 1.82) is 0 Å². The molecule has 5 aromatic rings. The fourth-order valence-electron chi connectivity index (χ4n) is 4.05. The number of anilines is 2. The number of hydrogen-bond donors (Lipinski definition) is 2. The predicted octanol–water partition coefficient (Wildman–Crippen LogP) is 9.02. The zero-order valence-corrected chi connectivity index (χ0v) is 26.6. The highest BCUT2D eigenvalue weighted by molar-refractivity contribution is 9.10. The average molecular weight is 676 g/mol. The summed E-state index contributed by atoms with van der Waals surface area (Å²) in [6, 6.07) is 26.5. The van der Waals surface area contributed by atoms with Crippen molar-refractivity contribution in [3.8, 4) is 22.8 Å². The number of hydrogen-bond acceptors (Lipinski definition) is 7. The van der Waals surface area contributed by atoms with Crippen molar-refractivity contribution in [1.82, 2.24) is 10.4 Å². The molecule has 7 nitrogen and oxygen atoms in total. The summed E-state index contributed by atoms with van der Waals surface area (Å²) in [5.74, 6) is 0.819. The van der Waals surface area contributed by atoms with Gasteiger partial charge in [0.1, 0.15) is 6.61 Å². The second kappa shape index (κ2) is 14.3. The SMILES string of the molecule is CCOc1cc(/C=N\NC(=O)c2ccc(-c3csc(Nc4ccc(C)cc4)n3)cc2)cc(Br)c1OCc1ccc(Cl)cc1. The number of nitrogens with zero attached hydrogens (tertiary/aromatic N) is 2. The number of carbonyl (C=O) groups is 1. The highest BCUT2D eigenvalue weighted by atomic mass is 79.9. The average Bonchev–Trinajstić information content (AvgIpc) is 3.47. The van der Waals surface area contributed by atoms with Crippen LogP contribution in [0.4, 0.5) is 10.8 Å². The summed E-state index contributed by atoms with van der Waals surface area (Å²) < 4.78 is 12.6. The number of benzene rings is 4. The molecule has 5 rings (SSSR count). The van der Waals surface area contributed by atoms with Gasteiger partial charge in [0.15, 0.2) is 16.6 Å². The number of nitrogens with one attached hydrogen (secondary N) is 2. The number of aromatic nitrogens is 1. The van der Waals surface area contributed by atoms with Crippen molar-refractivity contribution in [2.45, 2.75) is 20.5 Å². The van der Waals surface area contributed by atoms with Gasteiger partial charge in [-0.05, 0) is 89.4 Å². The molecule has 1 aromatic heterocycles. The molecule has 0 fully saturated rings. The summed E-state index contributed by atoms with van der Waals surface area (Å²) in [6.45, 7) is 4.77. The third-order valence-electron chi connectivity index (χ3n) is 6.26. The Balaban J connectivity index is 1.19. The van der Waals surface area contributed by atoms with E-state index < -0.39 is 0 Å². The van der Waals surface area contributed by atoms with Crippen molar-refractivity contribution in [2.24, 2.45) is 5.10 Å². The molecule has 43 heavy (non-hydrogen) atoms. The molecule has 0 spiro atoms. The third kappa shape index (κ3) is 8.22. The van der Waals surface area contributed by atoms with Crippen LogP contribution in [0.5, 0.6) is 11.5 Å². The maximum atomic E-state index is 12.7. The summed E-state index contributed by atoms with van der Waals surface area (Å²) in [4.78, 5) is 17.4. The molecular formula is C33H28BrClN4O3S. The summed E-state index contributed by atoms with van der Waals surface area (Å²) in [5, 5.41) is 10.9. The largest absolute Gasteiger partial charge is 0.490 e. The Kier molecular flexibility index (Phi) is 10.1. The first-order chi connectivity index (χ1) is 20.9. The van der Waals surface area contributed by atoms with Crippen molar-refractivity contribution in [3.05, 3.63) is 122 Å². The van der Waals surface area contributed by atoms with E-state index in [0.717, 1.165) is 33.2 Å². The summed E-state index contributed by atoms with van der Waals surface area (Å²) in [6.07, 6.45) is 1.56. The molecule has 0 atom stereocenters. The molecule has 0 aliphatic carbocycles. The second-order valence-corrected chi connectivity index (χ2v) is 11.6. The molecule has 218 valence electrons. The van der Waals surface area contributed by atoms with Gasteiger partial charge < -0.3 is 14.8 Å². The molecular weight excluding hydrogens is 648 g/mol. The maximum Gasteiger partial charge on any atom is 0.271 e. The predicted molar refractivity (Wildman–Crippen MR) is 178 cm³/mol. The monoisotopic (exact) mass is 674 g/mol. The lowest BCUT2D eigenvalue weighted by Gasteiger charge is -2.14. The van der Waals surface area contributed by atoms with Crippen LogP contribution >= 0.6 is 38.9 Å². The molecule has 2 N–H and O–H groups in total. The molecule has 0 aliphatic heterocycles. The molecule has 1 amide bonds. The van der Waals surface area contributed by atoms with Crippen molar-refractivity contribution in [3.63, 3.8) is 0 Å². The van der Waals surface area contributed by atoms with Gasteiger partial charge in [-0.15, -0.1) is 11.3 Å². The first-order valence-electron chi connectivity index (χ1n) is 13.4.